The van der Waals surface area contributed by atoms with Gasteiger partial charge in [0.05, 0.1) is 30.4 Å². The molecule has 1 amide bonds. The molecule has 1 N–H and O–H groups in total. The number of unbranched alkanes of at least 4 members (excludes halogenated alkanes) is 1. The van der Waals surface area contributed by atoms with Crippen molar-refractivity contribution in [3.8, 4) is 6.01 Å². The lowest BCUT2D eigenvalue weighted by atomic mass is 10.2. The van der Waals surface area contributed by atoms with Gasteiger partial charge in [-0.2, -0.15) is 9.97 Å². The zero-order valence-electron chi connectivity index (χ0n) is 19.8. The van der Waals surface area contributed by atoms with Crippen LogP contribution >= 0.6 is 11.6 Å². The Morgan fingerprint density at radius 1 is 1.32 bits per heavy atom. The number of aliphatic hydroxyl groups excluding tert-OH is 1. The number of ether oxygens (including phenoxy) is 2. The highest BCUT2D eigenvalue weighted by molar-refractivity contribution is 6.32. The summed E-state index contributed by atoms with van der Waals surface area (Å²) >= 11 is 6.14. The fraction of sp³-hybridized carbons (Fsp3) is 0.524. The van der Waals surface area contributed by atoms with E-state index in [0.29, 0.717) is 17.7 Å². The Morgan fingerprint density at radius 3 is 2.62 bits per heavy atom. The fourth-order valence-corrected chi connectivity index (χ4v) is 2.95. The van der Waals surface area contributed by atoms with Crippen molar-refractivity contribution in [2.75, 3.05) is 18.7 Å². The highest BCUT2D eigenvalue weighted by Crippen LogP contribution is 2.35. The Balaban J connectivity index is 2.61. The number of amides is 1. The number of aliphatic hydroxyl groups is 1. The zero-order valence-corrected chi connectivity index (χ0v) is 20.6. The number of hydrogen-bond donors (Lipinski definition) is 1. The molecule has 186 valence electrons. The molecule has 0 aliphatic carbocycles. The first-order valence-corrected chi connectivity index (χ1v) is 11.0. The minimum absolute atomic E-state index is 0.133. The number of aromatic nitrogens is 3. The van der Waals surface area contributed by atoms with Crippen LogP contribution < -0.4 is 9.75 Å². The molecule has 34 heavy (non-hydrogen) atoms. The summed E-state index contributed by atoms with van der Waals surface area (Å²) in [6.45, 7) is 6.98. The smallest absolute Gasteiger partial charge is 0.429 e. The molecule has 0 saturated heterocycles. The first-order valence-electron chi connectivity index (χ1n) is 10.6. The fourth-order valence-electron chi connectivity index (χ4n) is 2.72. The standard InChI is InChI=1S/C21H29ClN6O6/c1-6-7-10-33-19-24-17(22)16(28(31)32)18(25-19)27(26(5)20(30)34-21(2,3)4)12-15-11-14(13-29)8-9-23-15/h8-9,11,29H,6-7,10,12-13H2,1-5H3. The third kappa shape index (κ3) is 7.39. The molecule has 2 aromatic rings. The van der Waals surface area contributed by atoms with Crippen molar-refractivity contribution < 1.29 is 24.3 Å². The summed E-state index contributed by atoms with van der Waals surface area (Å²) in [6, 6.07) is 3.05. The minimum Gasteiger partial charge on any atom is -0.463 e. The minimum atomic E-state index is -0.824. The number of nitro groups is 1. The maximum atomic E-state index is 12.9. The molecule has 0 atom stereocenters. The van der Waals surface area contributed by atoms with Gasteiger partial charge in [-0.3, -0.25) is 20.1 Å². The van der Waals surface area contributed by atoms with Crippen LogP contribution in [0.3, 0.4) is 0 Å². The summed E-state index contributed by atoms with van der Waals surface area (Å²) in [5.74, 6) is -0.277. The molecule has 2 aromatic heterocycles. The number of anilines is 1. The van der Waals surface area contributed by atoms with E-state index in [2.05, 4.69) is 15.0 Å². The lowest BCUT2D eigenvalue weighted by molar-refractivity contribution is -0.384. The normalized spacial score (nSPS) is 11.1. The molecule has 0 aliphatic heterocycles. The second-order valence-electron chi connectivity index (χ2n) is 8.30. The third-order valence-corrected chi connectivity index (χ3v) is 4.62. The van der Waals surface area contributed by atoms with Crippen LogP contribution in [0.1, 0.15) is 51.8 Å². The number of nitrogens with zero attached hydrogens (tertiary/aromatic N) is 6. The van der Waals surface area contributed by atoms with Gasteiger partial charge in [0, 0.05) is 13.2 Å². The summed E-state index contributed by atoms with van der Waals surface area (Å²) in [6.07, 6.45) is 2.26. The lowest BCUT2D eigenvalue weighted by Crippen LogP contribution is -2.46. The van der Waals surface area contributed by atoms with E-state index in [-0.39, 0.29) is 31.6 Å². The van der Waals surface area contributed by atoms with Crippen molar-refractivity contribution in [2.24, 2.45) is 0 Å². The van der Waals surface area contributed by atoms with Gasteiger partial charge in [0.15, 0.2) is 0 Å². The van der Waals surface area contributed by atoms with E-state index in [9.17, 15) is 20.0 Å². The lowest BCUT2D eigenvalue weighted by Gasteiger charge is -2.33. The second kappa shape index (κ2) is 11.7. The van der Waals surface area contributed by atoms with E-state index >= 15 is 0 Å². The van der Waals surface area contributed by atoms with E-state index in [1.807, 2.05) is 6.92 Å². The highest BCUT2D eigenvalue weighted by atomic mass is 35.5. The van der Waals surface area contributed by atoms with Crippen LogP contribution in [0, 0.1) is 10.1 Å². The number of carbonyl (C=O) groups excluding carboxylic acids is 1. The Bertz CT molecular complexity index is 1020. The van der Waals surface area contributed by atoms with Crippen LogP contribution in [0.15, 0.2) is 18.3 Å². The summed E-state index contributed by atoms with van der Waals surface area (Å²) in [5, 5.41) is 23.1. The van der Waals surface area contributed by atoms with Crippen LogP contribution in [0.2, 0.25) is 5.15 Å². The van der Waals surface area contributed by atoms with E-state index in [0.717, 1.165) is 11.4 Å². The molecular weight excluding hydrogens is 468 g/mol. The van der Waals surface area contributed by atoms with Crippen LogP contribution in [0.5, 0.6) is 6.01 Å². The van der Waals surface area contributed by atoms with Gasteiger partial charge in [0.2, 0.25) is 11.0 Å². The van der Waals surface area contributed by atoms with E-state index < -0.39 is 27.5 Å². The molecule has 2 rings (SSSR count). The molecule has 0 spiro atoms. The van der Waals surface area contributed by atoms with Gasteiger partial charge in [-0.1, -0.05) is 24.9 Å². The number of pyridine rings is 1. The summed E-state index contributed by atoms with van der Waals surface area (Å²) in [7, 11) is 1.38. The molecular formula is C21H29ClN6O6. The monoisotopic (exact) mass is 496 g/mol. The van der Waals surface area contributed by atoms with Crippen molar-refractivity contribution in [1.82, 2.24) is 20.0 Å². The van der Waals surface area contributed by atoms with Crippen LogP contribution in [-0.4, -0.2) is 55.3 Å². The Kier molecular flexibility index (Phi) is 9.33. The van der Waals surface area contributed by atoms with Gasteiger partial charge >= 0.3 is 17.8 Å². The summed E-state index contributed by atoms with van der Waals surface area (Å²) in [4.78, 5) is 36.4. The van der Waals surface area contributed by atoms with Gasteiger partial charge in [0.1, 0.15) is 5.60 Å². The van der Waals surface area contributed by atoms with E-state index in [1.54, 1.807) is 32.9 Å². The maximum Gasteiger partial charge on any atom is 0.429 e. The number of halogens is 1. The molecule has 0 unspecified atom stereocenters. The number of rotatable bonds is 10. The predicted octanol–water partition coefficient (Wildman–Crippen LogP) is 3.89. The van der Waals surface area contributed by atoms with Crippen molar-refractivity contribution >= 4 is 29.2 Å². The largest absolute Gasteiger partial charge is 0.463 e. The molecule has 2 heterocycles. The van der Waals surface area contributed by atoms with Crippen molar-refractivity contribution in [3.05, 3.63) is 44.9 Å². The van der Waals surface area contributed by atoms with Crippen LogP contribution in [0.4, 0.5) is 16.3 Å². The molecule has 13 heteroatoms. The van der Waals surface area contributed by atoms with Gasteiger partial charge in [0.25, 0.3) is 0 Å². The number of carbonyl (C=O) groups is 1. The Labute approximate surface area is 202 Å². The van der Waals surface area contributed by atoms with Crippen molar-refractivity contribution in [3.63, 3.8) is 0 Å². The van der Waals surface area contributed by atoms with Gasteiger partial charge < -0.3 is 14.6 Å². The summed E-state index contributed by atoms with van der Waals surface area (Å²) < 4.78 is 11.0. The molecule has 0 saturated carbocycles. The Morgan fingerprint density at radius 2 is 2.03 bits per heavy atom. The quantitative estimate of drug-likeness (QED) is 0.222. The van der Waals surface area contributed by atoms with E-state index in [4.69, 9.17) is 21.1 Å². The molecule has 0 aliphatic rings. The third-order valence-electron chi connectivity index (χ3n) is 4.35. The SMILES string of the molecule is CCCCOc1nc(Cl)c([N+](=O)[O-])c(N(Cc2cc(CO)ccn2)N(C)C(=O)OC(C)(C)C)n1. The van der Waals surface area contributed by atoms with Gasteiger partial charge in [-0.15, -0.1) is 0 Å². The number of hydrazine groups is 1. The topological polar surface area (TPSA) is 144 Å². The summed E-state index contributed by atoms with van der Waals surface area (Å²) in [5.41, 5.74) is -0.461. The molecule has 0 fully saturated rings. The van der Waals surface area contributed by atoms with Gasteiger partial charge in [-0.25, -0.2) is 9.80 Å². The van der Waals surface area contributed by atoms with Gasteiger partial charge in [-0.05, 0) is 44.9 Å². The average molecular weight is 497 g/mol. The first-order chi connectivity index (χ1) is 16.0. The Hall–Kier alpha value is -3.25. The van der Waals surface area contributed by atoms with E-state index in [1.165, 1.54) is 18.3 Å². The first kappa shape index (κ1) is 27.0. The predicted molar refractivity (Wildman–Crippen MR) is 124 cm³/mol. The maximum absolute atomic E-state index is 12.9. The van der Waals surface area contributed by atoms with Crippen molar-refractivity contribution in [1.29, 1.82) is 0 Å². The molecule has 0 aromatic carbocycles. The highest BCUT2D eigenvalue weighted by Gasteiger charge is 2.34. The molecule has 0 radical (unpaired) electrons. The van der Waals surface area contributed by atoms with Crippen LogP contribution in [-0.2, 0) is 17.9 Å². The second-order valence-corrected chi connectivity index (χ2v) is 8.66. The van der Waals surface area contributed by atoms with Crippen molar-refractivity contribution in [2.45, 2.75) is 59.3 Å². The molecule has 0 bridgehead atoms. The zero-order chi connectivity index (χ0) is 25.5. The molecule has 12 nitrogen and oxygen atoms in total. The van der Waals surface area contributed by atoms with Crippen LogP contribution in [0.25, 0.3) is 0 Å². The number of hydrogen-bond acceptors (Lipinski definition) is 10. The average Bonchev–Trinajstić information content (AvgIpc) is 2.75.